The number of rotatable bonds is 17. The van der Waals surface area contributed by atoms with Gasteiger partial charge in [-0.15, -0.1) is 0 Å². The van der Waals surface area contributed by atoms with E-state index in [-0.39, 0.29) is 122 Å². The summed E-state index contributed by atoms with van der Waals surface area (Å²) in [5, 5.41) is 38.0. The maximum atomic E-state index is 13.3. The van der Waals surface area contributed by atoms with Gasteiger partial charge in [0.2, 0.25) is 71.5 Å². The number of nitrogens with zero attached hydrogens (tertiary/aromatic N) is 13. The number of phenols is 1. The van der Waals surface area contributed by atoms with Crippen molar-refractivity contribution in [1.82, 2.24) is 69.9 Å². The average Bonchev–Trinajstić information content (AvgIpc) is 1.65. The molecule has 3 saturated heterocycles. The number of amides is 3. The number of ketones is 5. The maximum Gasteiger partial charge on any atom is 1.00 e. The Labute approximate surface area is 805 Å². The summed E-state index contributed by atoms with van der Waals surface area (Å²) in [6.07, 6.45) is 13.6. The van der Waals surface area contributed by atoms with Gasteiger partial charge in [-0.3, -0.25) is 59.2 Å². The van der Waals surface area contributed by atoms with Crippen molar-refractivity contribution in [2.24, 2.45) is 0 Å². The predicted octanol–water partition coefficient (Wildman–Crippen LogP) is 13.1. The molecule has 4 aromatic carbocycles. The van der Waals surface area contributed by atoms with Crippen LogP contribution in [0.25, 0.3) is 28.1 Å². The van der Waals surface area contributed by atoms with Crippen molar-refractivity contribution in [3.05, 3.63) is 331 Å². The number of carbonyl (C=O) groups excluding carboxylic acids is 8. The van der Waals surface area contributed by atoms with Crippen LogP contribution in [0.2, 0.25) is 0 Å². The number of halogens is 8. The summed E-state index contributed by atoms with van der Waals surface area (Å²) in [5.41, 5.74) is 6.60. The second-order valence-electron chi connectivity index (χ2n) is 28.1. The van der Waals surface area contributed by atoms with Crippen molar-refractivity contribution in [3.63, 3.8) is 0 Å². The number of aromatic amines is 2. The number of ether oxygens (including phenoxy) is 1. The molecule has 15 rings (SSSR count). The standard InChI is InChI=1S/C24H20N4O3.C14H10N2O2.C10H11FN2O3.C10H11FN2O.C9H9FN2O.C9H8FNO.C5H3BrFN.C4H10N2.C4H6O.CH3NO2.B.2ClH.Na.Ni.H/c1-28-14-16(13-21(28)29)18-5-4-12-25-24(18)31-17-10-8-15(9-11-17)22(30)23-26-19-6-2-3-7-20(19)27-23;17-10-7-5-9(6-8-10)13(18)14-15-11-3-1-2-4-12(11)16-14;1-7(14)5-8(6-13(15)16)9-3-2-4-12-10(9)11;1-13-6-7(5-9(13)14)8-3-2-4-12-10(8)11;10-9-7(2-1-3-11-9)6-4-8(13)12-5-6;1-7(12)4-5-8-3-2-6-11-9(8)10;6-4-2-1-3-8-5(4)7;1-4(5)6(2)3;1-3-4(2)5;1-2(3)4;;;;;;/h2-12,16H,13-14H2,1H3,(H,26,27);1-8,17H,(H,15,16);2-4,8H,5-6H2,1H3;2-4,7H,5-6H2,1H3;1-3,6H,4-5H2,(H,12,13);2-6H,1H3;1-3H;5H,1-3H3;3H,1H2,2H3;1H3;;2*1H;;;/q;;;;;;;;;;;;;+1;+2;-1/p-2/b;;;;;5-4+;;;;;;;;;;. The number of allylic oxidation sites excluding steroid dienone is 2. The van der Waals surface area contributed by atoms with E-state index in [1.165, 1.54) is 94.2 Å². The van der Waals surface area contributed by atoms with E-state index in [9.17, 15) is 75.5 Å². The zero-order valence-corrected chi connectivity index (χ0v) is 79.1. The summed E-state index contributed by atoms with van der Waals surface area (Å²) in [6, 6.07) is 47.9. The van der Waals surface area contributed by atoms with Crippen LogP contribution in [0.4, 0.5) is 22.0 Å². The summed E-state index contributed by atoms with van der Waals surface area (Å²) >= 11 is 3.53. The minimum Gasteiger partial charge on any atom is -1.00 e. The summed E-state index contributed by atoms with van der Waals surface area (Å²) in [4.78, 5) is 150. The molecule has 31 nitrogen and oxygen atoms in total. The van der Waals surface area contributed by atoms with Gasteiger partial charge in [-0.1, -0.05) is 55.1 Å². The topological polar surface area (TPSA) is 433 Å². The number of benzene rings is 4. The second-order valence-corrected chi connectivity index (χ2v) is 30.6. The first-order valence-corrected chi connectivity index (χ1v) is 42.3. The number of pyridine rings is 6. The first-order valence-electron chi connectivity index (χ1n) is 38.8. The summed E-state index contributed by atoms with van der Waals surface area (Å²) in [7, 11) is 17.5. The van der Waals surface area contributed by atoms with Gasteiger partial charge in [-0.2, -0.15) is 22.0 Å². The Morgan fingerprint density at radius 1 is 0.621 bits per heavy atom. The number of likely N-dealkylation sites (N-methyl/N-ethyl adjacent to an activating group) is 2. The first-order chi connectivity index (χ1) is 61.8. The number of phenolic OH excluding ortho intramolecular Hbond substituents is 1. The van der Waals surface area contributed by atoms with Crippen LogP contribution in [0.1, 0.15) is 139 Å². The summed E-state index contributed by atoms with van der Waals surface area (Å²) in [6.45, 7) is 10.4. The number of nitro groups is 2. The molecule has 3 fully saturated rings. The quantitative estimate of drug-likeness (QED) is 0.00650. The fourth-order valence-corrected chi connectivity index (χ4v) is 11.8. The van der Waals surface area contributed by atoms with E-state index in [2.05, 4.69) is 77.7 Å². The van der Waals surface area contributed by atoms with Crippen molar-refractivity contribution in [3.8, 4) is 17.4 Å². The van der Waals surface area contributed by atoms with Crippen LogP contribution in [-0.4, -0.2) is 202 Å². The molecule has 3 amide bonds. The number of nitrogens with one attached hydrogen (secondary N) is 4. The summed E-state index contributed by atoms with van der Waals surface area (Å²) in [5.74, 6) is -1.63. The largest absolute Gasteiger partial charge is 1.00 e. The number of aromatic hydroxyl groups is 1. The fourth-order valence-electron chi connectivity index (χ4n) is 11.6. The molecule has 691 valence electrons. The number of likely N-dealkylation sites (tertiary alicyclic amines) is 2. The normalized spacial score (nSPS) is 13.6. The number of H-pyrrole nitrogens is 2. The van der Waals surface area contributed by atoms with E-state index >= 15 is 0 Å². The average molecular weight is 1970 g/mol. The Hall–Kier alpha value is -12.9. The van der Waals surface area contributed by atoms with Gasteiger partial charge in [0.25, 0.3) is 0 Å². The monoisotopic (exact) mass is 1970 g/mol. The van der Waals surface area contributed by atoms with Crippen LogP contribution >= 0.6 is 36.3 Å². The van der Waals surface area contributed by atoms with Crippen molar-refractivity contribution in [1.29, 1.82) is 5.41 Å². The third-order valence-corrected chi connectivity index (χ3v) is 18.7. The number of imidazole rings is 2. The van der Waals surface area contributed by atoms with Crippen molar-refractivity contribution < 1.29 is 124 Å². The van der Waals surface area contributed by atoms with Crippen molar-refractivity contribution in [2.75, 3.05) is 61.4 Å². The Morgan fingerprint density at radius 2 is 1.03 bits per heavy atom. The molecular formula is C90H92BBrCl2F5N17NaNiO14. The number of para-hydroxylation sites is 4. The Balaban J connectivity index is 0.000000522. The molecule has 4 atom stereocenters. The van der Waals surface area contributed by atoms with Crippen LogP contribution in [0.3, 0.4) is 0 Å². The van der Waals surface area contributed by atoms with Crippen LogP contribution < -0.4 is 39.6 Å². The molecule has 11 heterocycles. The minimum atomic E-state index is -0.754. The molecule has 132 heavy (non-hydrogen) atoms. The Bertz CT molecular complexity index is 5790. The molecule has 42 heteroatoms. The van der Waals surface area contributed by atoms with E-state index < -0.39 is 52.0 Å². The van der Waals surface area contributed by atoms with Crippen molar-refractivity contribution in [2.45, 2.75) is 77.0 Å². The van der Waals surface area contributed by atoms with Crippen LogP contribution in [0.5, 0.6) is 17.4 Å². The molecule has 0 bridgehead atoms. The molecular weight excluding hydrogens is 1880 g/mol. The van der Waals surface area contributed by atoms with E-state index in [0.29, 0.717) is 113 Å². The zero-order chi connectivity index (χ0) is 96.1. The molecule has 3 aliphatic heterocycles. The van der Waals surface area contributed by atoms with Gasteiger partial charge in [0, 0.05) is 186 Å². The molecule has 0 spiro atoms. The van der Waals surface area contributed by atoms with Crippen LogP contribution in [0, 0.1) is 55.4 Å². The smallest absolute Gasteiger partial charge is 1.00 e. The van der Waals surface area contributed by atoms with Gasteiger partial charge >= 0.3 is 62.6 Å². The van der Waals surface area contributed by atoms with Crippen LogP contribution in [-0.2, 0) is 41.4 Å². The predicted molar refractivity (Wildman–Crippen MR) is 486 cm³/mol. The van der Waals surface area contributed by atoms with Crippen LogP contribution in [0.15, 0.2) is 230 Å². The maximum absolute atomic E-state index is 13.3. The molecule has 3 aliphatic rings. The number of hydrogen-bond donors (Lipinski definition) is 5. The van der Waals surface area contributed by atoms with E-state index in [1.54, 1.807) is 127 Å². The zero-order valence-electron chi connectivity index (χ0n) is 74.0. The fraction of sp³-hybridized carbons (Fsp3) is 0.233. The number of hydrogen-bond acceptors (Lipinski definition) is 23. The van der Waals surface area contributed by atoms with Gasteiger partial charge in [0.1, 0.15) is 17.3 Å². The van der Waals surface area contributed by atoms with Gasteiger partial charge in [-0.05, 0) is 183 Å². The Kier molecular flexibility index (Phi) is 51.0. The molecule has 12 aromatic rings. The van der Waals surface area contributed by atoms with Gasteiger partial charge < -0.3 is 46.0 Å². The summed E-state index contributed by atoms with van der Waals surface area (Å²) < 4.78 is 71.0. The van der Waals surface area contributed by atoms with Gasteiger partial charge in [0.15, 0.2) is 30.3 Å². The molecule has 3 radical (unpaired) electrons. The first kappa shape index (κ1) is 113. The third-order valence-electron chi connectivity index (χ3n) is 18.1. The number of amidine groups is 1. The van der Waals surface area contributed by atoms with E-state index in [0.717, 1.165) is 34.7 Å². The molecule has 5 N–H and O–H groups in total. The molecule has 0 saturated carbocycles. The number of aromatic nitrogens is 10. The molecule has 4 unspecified atom stereocenters. The van der Waals surface area contributed by atoms with Crippen molar-refractivity contribution >= 4 is 125 Å². The third kappa shape index (κ3) is 39.8. The van der Waals surface area contributed by atoms with Gasteiger partial charge in [-0.25, -0.2) is 39.9 Å². The Morgan fingerprint density at radius 3 is 1.41 bits per heavy atom. The van der Waals surface area contributed by atoms with E-state index in [1.807, 2.05) is 74.8 Å². The second kappa shape index (κ2) is 59.4. The SMILES string of the molecule is C=CC(C)=O.CC(=N)N(C)C.CC(=O)/C=C/c1cccnc1F.CC(=O)CC(C[N+](=O)[O-])c1cccnc1F.CN1CC(c2cccnc2F)CC1=O.CN1CC(c2cccnc2Oc2ccc(C(=O)c3nc4ccccc4[nH]3)cc2)CC1=O.C[N+](=O)[O-].Fc1ncccc1Br.O=C(c1ccc(O)cc1)c1nc2ccccc2[nH]1.O=C1CC(c2cccnc2F)CN1.[B].[Cl][Ni][Cl].[H-].[Na+]. The minimum absolute atomic E-state index is 0. The molecule has 0 aliphatic carbocycles. The number of fused-ring (bicyclic) bond motifs is 2. The number of Topliss-reactive ketones (excluding diaryl/α,β-unsaturated/α-hetero) is 1. The van der Waals surface area contributed by atoms with Gasteiger partial charge in [0.05, 0.1) is 38.3 Å². The number of carbonyl (C=O) groups is 8. The van der Waals surface area contributed by atoms with E-state index in [4.69, 9.17) is 40.6 Å². The molecule has 8 aromatic heterocycles.